The van der Waals surface area contributed by atoms with E-state index in [9.17, 15) is 0 Å². The average Bonchev–Trinajstić information content (AvgIpc) is 2.88. The molecule has 0 saturated carbocycles. The molecule has 0 bridgehead atoms. The largest absolute Gasteiger partial charge is 0.317 e. The summed E-state index contributed by atoms with van der Waals surface area (Å²) in [5, 5.41) is 8.07. The normalized spacial score (nSPS) is 16.4. The predicted octanol–water partition coefficient (Wildman–Crippen LogP) is 2.64. The van der Waals surface area contributed by atoms with E-state index in [2.05, 4.69) is 32.2 Å². The van der Waals surface area contributed by atoms with E-state index in [1.807, 2.05) is 25.1 Å². The second-order valence-corrected chi connectivity index (χ2v) is 5.55. The van der Waals surface area contributed by atoms with Crippen LogP contribution in [0.25, 0.3) is 11.4 Å². The number of rotatable bonds is 4. The Morgan fingerprint density at radius 1 is 1.20 bits per heavy atom. The molecule has 1 aliphatic rings. The van der Waals surface area contributed by atoms with Gasteiger partial charge in [-0.2, -0.15) is 5.10 Å². The molecule has 0 amide bonds. The molecule has 0 atom stereocenters. The quantitative estimate of drug-likeness (QED) is 0.928. The second-order valence-electron chi connectivity index (χ2n) is 5.55. The van der Waals surface area contributed by atoms with Crippen LogP contribution in [0, 0.1) is 12.8 Å². The maximum Gasteiger partial charge on any atom is 0.181 e. The van der Waals surface area contributed by atoms with Crippen LogP contribution in [0.4, 0.5) is 0 Å². The summed E-state index contributed by atoms with van der Waals surface area (Å²) in [7, 11) is 0. The molecule has 1 fully saturated rings. The predicted molar refractivity (Wildman–Crippen MR) is 80.4 cm³/mol. The van der Waals surface area contributed by atoms with E-state index in [0.29, 0.717) is 0 Å². The highest BCUT2D eigenvalue weighted by molar-refractivity contribution is 5.53. The maximum atomic E-state index is 4.65. The van der Waals surface area contributed by atoms with Gasteiger partial charge in [0.1, 0.15) is 5.82 Å². The summed E-state index contributed by atoms with van der Waals surface area (Å²) in [5.41, 5.74) is 1.09. The first-order valence-electron chi connectivity index (χ1n) is 7.50. The van der Waals surface area contributed by atoms with Crippen LogP contribution in [0.2, 0.25) is 0 Å². The number of aromatic nitrogens is 3. The molecular weight excluding hydrogens is 248 g/mol. The molecule has 1 saturated heterocycles. The van der Waals surface area contributed by atoms with Crippen LogP contribution in [0.5, 0.6) is 0 Å². The zero-order valence-electron chi connectivity index (χ0n) is 12.0. The number of aryl methyl sites for hydroxylation is 2. The Morgan fingerprint density at radius 2 is 1.95 bits per heavy atom. The van der Waals surface area contributed by atoms with Crippen LogP contribution in [0.15, 0.2) is 30.3 Å². The van der Waals surface area contributed by atoms with Crippen molar-refractivity contribution in [1.29, 1.82) is 0 Å². The Kier molecular flexibility index (Phi) is 4.11. The Labute approximate surface area is 120 Å². The van der Waals surface area contributed by atoms with Crippen molar-refractivity contribution in [3.63, 3.8) is 0 Å². The van der Waals surface area contributed by atoms with Crippen molar-refractivity contribution in [3.8, 4) is 11.4 Å². The van der Waals surface area contributed by atoms with Crippen molar-refractivity contribution in [3.05, 3.63) is 36.2 Å². The monoisotopic (exact) mass is 270 g/mol. The molecule has 0 spiro atoms. The average molecular weight is 270 g/mol. The first-order valence-corrected chi connectivity index (χ1v) is 7.50. The lowest BCUT2D eigenvalue weighted by Gasteiger charge is -2.22. The molecule has 1 aromatic heterocycles. The molecule has 0 aliphatic carbocycles. The summed E-state index contributed by atoms with van der Waals surface area (Å²) in [6, 6.07) is 10.2. The fraction of sp³-hybridized carbons (Fsp3) is 0.500. The summed E-state index contributed by atoms with van der Waals surface area (Å²) < 4.78 is 2.06. The molecule has 1 aliphatic heterocycles. The number of piperidine rings is 1. The zero-order chi connectivity index (χ0) is 13.8. The van der Waals surface area contributed by atoms with E-state index in [-0.39, 0.29) is 0 Å². The molecular formula is C16H22N4. The van der Waals surface area contributed by atoms with E-state index in [1.165, 1.54) is 19.3 Å². The molecule has 1 N–H and O–H groups in total. The molecule has 2 aromatic rings. The fourth-order valence-electron chi connectivity index (χ4n) is 2.82. The van der Waals surface area contributed by atoms with Gasteiger partial charge in [0.2, 0.25) is 0 Å². The van der Waals surface area contributed by atoms with Gasteiger partial charge in [-0.25, -0.2) is 9.67 Å². The van der Waals surface area contributed by atoms with Crippen molar-refractivity contribution in [2.75, 3.05) is 13.1 Å². The molecule has 4 heteroatoms. The van der Waals surface area contributed by atoms with E-state index < -0.39 is 0 Å². The molecule has 0 unspecified atom stereocenters. The van der Waals surface area contributed by atoms with Crippen LogP contribution < -0.4 is 5.32 Å². The minimum Gasteiger partial charge on any atom is -0.317 e. The number of hydrogen-bond donors (Lipinski definition) is 1. The number of nitrogens with one attached hydrogen (secondary N) is 1. The highest BCUT2D eigenvalue weighted by Gasteiger charge is 2.14. The van der Waals surface area contributed by atoms with Gasteiger partial charge in [0, 0.05) is 12.1 Å². The zero-order valence-corrected chi connectivity index (χ0v) is 12.0. The summed E-state index contributed by atoms with van der Waals surface area (Å²) >= 11 is 0. The van der Waals surface area contributed by atoms with Crippen molar-refractivity contribution in [1.82, 2.24) is 20.1 Å². The number of hydrogen-bond acceptors (Lipinski definition) is 3. The van der Waals surface area contributed by atoms with Crippen molar-refractivity contribution in [2.24, 2.45) is 5.92 Å². The highest BCUT2D eigenvalue weighted by atomic mass is 15.3. The van der Waals surface area contributed by atoms with Gasteiger partial charge >= 0.3 is 0 Å². The number of nitrogens with zero attached hydrogens (tertiary/aromatic N) is 3. The standard InChI is InChI=1S/C16H22N4/c1-13-18-16(15-5-3-2-4-6-15)19-20(13)12-9-14-7-10-17-11-8-14/h2-6,14,17H,7-12H2,1H3. The summed E-state index contributed by atoms with van der Waals surface area (Å²) in [6.45, 7) is 5.35. The van der Waals surface area contributed by atoms with Gasteiger partial charge in [-0.3, -0.25) is 0 Å². The minimum absolute atomic E-state index is 0.833. The number of benzene rings is 1. The molecule has 20 heavy (non-hydrogen) atoms. The second kappa shape index (κ2) is 6.18. The Bertz CT molecular complexity index is 541. The van der Waals surface area contributed by atoms with E-state index >= 15 is 0 Å². The molecule has 2 heterocycles. The van der Waals surface area contributed by atoms with Gasteiger partial charge in [0.05, 0.1) is 0 Å². The van der Waals surface area contributed by atoms with E-state index in [1.54, 1.807) is 0 Å². The van der Waals surface area contributed by atoms with Crippen molar-refractivity contribution < 1.29 is 0 Å². The van der Waals surface area contributed by atoms with Crippen molar-refractivity contribution in [2.45, 2.75) is 32.7 Å². The van der Waals surface area contributed by atoms with Crippen LogP contribution >= 0.6 is 0 Å². The van der Waals surface area contributed by atoms with Crippen LogP contribution in [-0.2, 0) is 6.54 Å². The lowest BCUT2D eigenvalue weighted by atomic mass is 9.95. The fourth-order valence-corrected chi connectivity index (χ4v) is 2.82. The van der Waals surface area contributed by atoms with Crippen LogP contribution in [0.3, 0.4) is 0 Å². The van der Waals surface area contributed by atoms with Crippen molar-refractivity contribution >= 4 is 0 Å². The smallest absolute Gasteiger partial charge is 0.181 e. The molecule has 0 radical (unpaired) electrons. The van der Waals surface area contributed by atoms with Gasteiger partial charge in [0.15, 0.2) is 5.82 Å². The lowest BCUT2D eigenvalue weighted by molar-refractivity contribution is 0.330. The minimum atomic E-state index is 0.833. The maximum absolute atomic E-state index is 4.65. The Hall–Kier alpha value is -1.68. The summed E-state index contributed by atoms with van der Waals surface area (Å²) in [6.07, 6.45) is 3.79. The molecule has 106 valence electrons. The van der Waals surface area contributed by atoms with Gasteiger partial charge in [-0.15, -0.1) is 0 Å². The highest BCUT2D eigenvalue weighted by Crippen LogP contribution is 2.19. The summed E-state index contributed by atoms with van der Waals surface area (Å²) in [4.78, 5) is 4.58. The lowest BCUT2D eigenvalue weighted by Crippen LogP contribution is -2.28. The van der Waals surface area contributed by atoms with Gasteiger partial charge in [0.25, 0.3) is 0 Å². The van der Waals surface area contributed by atoms with Gasteiger partial charge in [-0.05, 0) is 45.2 Å². The van der Waals surface area contributed by atoms with Crippen LogP contribution in [0.1, 0.15) is 25.1 Å². The van der Waals surface area contributed by atoms with Gasteiger partial charge < -0.3 is 5.32 Å². The first-order chi connectivity index (χ1) is 9.83. The first kappa shape index (κ1) is 13.3. The van der Waals surface area contributed by atoms with E-state index in [4.69, 9.17) is 0 Å². The van der Waals surface area contributed by atoms with Gasteiger partial charge in [-0.1, -0.05) is 30.3 Å². The van der Waals surface area contributed by atoms with Crippen LogP contribution in [-0.4, -0.2) is 27.9 Å². The topological polar surface area (TPSA) is 42.7 Å². The molecule has 4 nitrogen and oxygen atoms in total. The summed E-state index contributed by atoms with van der Waals surface area (Å²) in [5.74, 6) is 2.69. The third-order valence-corrected chi connectivity index (χ3v) is 4.10. The third kappa shape index (κ3) is 3.07. The van der Waals surface area contributed by atoms with E-state index in [0.717, 1.165) is 42.8 Å². The molecule has 3 rings (SSSR count). The Balaban J connectivity index is 1.66. The Morgan fingerprint density at radius 3 is 2.70 bits per heavy atom. The third-order valence-electron chi connectivity index (χ3n) is 4.10. The SMILES string of the molecule is Cc1nc(-c2ccccc2)nn1CCC1CCNCC1. The molecule has 1 aromatic carbocycles.